The SMILES string of the molecule is CN(C)C(=NCc1ccccc1)NCCCCN1C(=O)c2ccccc2C1=O. The predicted octanol–water partition coefficient (Wildman–Crippen LogP) is 2.77. The molecule has 0 bridgehead atoms. The van der Waals surface area contributed by atoms with Crippen molar-refractivity contribution in [1.82, 2.24) is 15.1 Å². The Morgan fingerprint density at radius 1 is 0.929 bits per heavy atom. The normalized spacial score (nSPS) is 13.6. The zero-order chi connectivity index (χ0) is 19.9. The number of hydrogen-bond donors (Lipinski definition) is 1. The molecule has 0 atom stereocenters. The quantitative estimate of drug-likeness (QED) is 0.348. The van der Waals surface area contributed by atoms with E-state index < -0.39 is 0 Å². The van der Waals surface area contributed by atoms with Crippen LogP contribution in [0.15, 0.2) is 59.6 Å². The van der Waals surface area contributed by atoms with Crippen LogP contribution in [0.2, 0.25) is 0 Å². The fourth-order valence-electron chi connectivity index (χ4n) is 3.14. The number of rotatable bonds is 7. The van der Waals surface area contributed by atoms with Crippen molar-refractivity contribution in [2.75, 3.05) is 27.2 Å². The summed E-state index contributed by atoms with van der Waals surface area (Å²) in [6.45, 7) is 1.79. The van der Waals surface area contributed by atoms with Crippen LogP contribution in [0.5, 0.6) is 0 Å². The number of amides is 2. The van der Waals surface area contributed by atoms with Gasteiger partial charge in [-0.05, 0) is 30.5 Å². The summed E-state index contributed by atoms with van der Waals surface area (Å²) in [4.78, 5) is 32.6. The van der Waals surface area contributed by atoms with E-state index in [9.17, 15) is 9.59 Å². The maximum atomic E-state index is 12.4. The van der Waals surface area contributed by atoms with Crippen LogP contribution >= 0.6 is 0 Å². The second-order valence-electron chi connectivity index (χ2n) is 6.96. The van der Waals surface area contributed by atoms with Crippen LogP contribution in [0.3, 0.4) is 0 Å². The van der Waals surface area contributed by atoms with Crippen LogP contribution < -0.4 is 5.32 Å². The minimum Gasteiger partial charge on any atom is -0.356 e. The summed E-state index contributed by atoms with van der Waals surface area (Å²) in [5.41, 5.74) is 2.18. The first kappa shape index (κ1) is 19.6. The number of fused-ring (bicyclic) bond motifs is 1. The molecule has 6 heteroatoms. The third-order valence-electron chi connectivity index (χ3n) is 4.65. The molecule has 146 valence electrons. The van der Waals surface area contributed by atoms with E-state index >= 15 is 0 Å². The Balaban J connectivity index is 1.45. The highest BCUT2D eigenvalue weighted by molar-refractivity contribution is 6.21. The molecule has 3 rings (SSSR count). The smallest absolute Gasteiger partial charge is 0.261 e. The van der Waals surface area contributed by atoms with Crippen LogP contribution in [0.1, 0.15) is 39.1 Å². The molecule has 0 saturated carbocycles. The second kappa shape index (κ2) is 9.17. The first-order chi connectivity index (χ1) is 13.6. The van der Waals surface area contributed by atoms with Gasteiger partial charge in [-0.3, -0.25) is 14.5 Å². The van der Waals surface area contributed by atoms with Gasteiger partial charge in [-0.1, -0.05) is 42.5 Å². The molecule has 0 radical (unpaired) electrons. The lowest BCUT2D eigenvalue weighted by Crippen LogP contribution is -2.37. The number of imide groups is 1. The number of carbonyl (C=O) groups excluding carboxylic acids is 2. The number of unbranched alkanes of at least 4 members (excludes halogenated alkanes) is 1. The van der Waals surface area contributed by atoms with E-state index in [2.05, 4.69) is 22.4 Å². The van der Waals surface area contributed by atoms with Crippen LogP contribution in [0.25, 0.3) is 0 Å². The molecule has 0 aliphatic carbocycles. The zero-order valence-electron chi connectivity index (χ0n) is 16.4. The average molecular weight is 378 g/mol. The number of benzene rings is 2. The molecule has 28 heavy (non-hydrogen) atoms. The van der Waals surface area contributed by atoms with Crippen LogP contribution in [0, 0.1) is 0 Å². The van der Waals surface area contributed by atoms with Crippen molar-refractivity contribution >= 4 is 17.8 Å². The van der Waals surface area contributed by atoms with Gasteiger partial charge in [-0.15, -0.1) is 0 Å². The Morgan fingerprint density at radius 2 is 1.54 bits per heavy atom. The molecule has 1 aliphatic heterocycles. The summed E-state index contributed by atoms with van der Waals surface area (Å²) in [5, 5.41) is 3.34. The Labute approximate surface area is 165 Å². The fraction of sp³-hybridized carbons (Fsp3) is 0.318. The summed E-state index contributed by atoms with van der Waals surface area (Å²) < 4.78 is 0. The number of carbonyl (C=O) groups is 2. The van der Waals surface area contributed by atoms with Crippen molar-refractivity contribution in [1.29, 1.82) is 0 Å². The maximum Gasteiger partial charge on any atom is 0.261 e. The van der Waals surface area contributed by atoms with E-state index in [-0.39, 0.29) is 11.8 Å². The summed E-state index contributed by atoms with van der Waals surface area (Å²) in [6, 6.07) is 17.1. The minimum absolute atomic E-state index is 0.188. The molecule has 2 aromatic carbocycles. The molecular formula is C22H26N4O2. The van der Waals surface area contributed by atoms with Crippen molar-refractivity contribution in [3.8, 4) is 0 Å². The van der Waals surface area contributed by atoms with Crippen molar-refractivity contribution < 1.29 is 9.59 Å². The van der Waals surface area contributed by atoms with E-state index in [0.29, 0.717) is 24.2 Å². The van der Waals surface area contributed by atoms with Gasteiger partial charge in [0.1, 0.15) is 0 Å². The number of aliphatic imine (C=N–C) groups is 1. The number of guanidine groups is 1. The van der Waals surface area contributed by atoms with E-state index in [1.165, 1.54) is 4.90 Å². The van der Waals surface area contributed by atoms with Gasteiger partial charge < -0.3 is 10.2 Å². The summed E-state index contributed by atoms with van der Waals surface area (Å²) in [5.74, 6) is 0.448. The minimum atomic E-state index is -0.188. The predicted molar refractivity (Wildman–Crippen MR) is 110 cm³/mol. The summed E-state index contributed by atoms with van der Waals surface area (Å²) in [6.07, 6.45) is 1.59. The third-order valence-corrected chi connectivity index (χ3v) is 4.65. The Kier molecular flexibility index (Phi) is 6.42. The molecule has 0 saturated heterocycles. The monoisotopic (exact) mass is 378 g/mol. The van der Waals surface area contributed by atoms with Gasteiger partial charge in [0.05, 0.1) is 17.7 Å². The lowest BCUT2D eigenvalue weighted by molar-refractivity contribution is 0.0652. The van der Waals surface area contributed by atoms with Crippen LogP contribution in [-0.2, 0) is 6.54 Å². The lowest BCUT2D eigenvalue weighted by atomic mass is 10.1. The van der Waals surface area contributed by atoms with Gasteiger partial charge in [0.25, 0.3) is 11.8 Å². The molecule has 2 aromatic rings. The van der Waals surface area contributed by atoms with E-state index in [0.717, 1.165) is 30.9 Å². The maximum absolute atomic E-state index is 12.4. The van der Waals surface area contributed by atoms with Gasteiger partial charge in [0, 0.05) is 27.2 Å². The first-order valence-corrected chi connectivity index (χ1v) is 9.52. The topological polar surface area (TPSA) is 65.0 Å². The van der Waals surface area contributed by atoms with Gasteiger partial charge in [-0.25, -0.2) is 4.99 Å². The average Bonchev–Trinajstić information content (AvgIpc) is 2.95. The van der Waals surface area contributed by atoms with Crippen molar-refractivity contribution in [2.45, 2.75) is 19.4 Å². The molecule has 2 amide bonds. The van der Waals surface area contributed by atoms with Gasteiger partial charge in [0.15, 0.2) is 5.96 Å². The Morgan fingerprint density at radius 3 is 2.14 bits per heavy atom. The molecule has 6 nitrogen and oxygen atoms in total. The molecule has 0 unspecified atom stereocenters. The number of nitrogens with one attached hydrogen (secondary N) is 1. The van der Waals surface area contributed by atoms with Crippen LogP contribution in [0.4, 0.5) is 0 Å². The molecule has 0 spiro atoms. The largest absolute Gasteiger partial charge is 0.356 e. The van der Waals surface area contributed by atoms with Gasteiger partial charge >= 0.3 is 0 Å². The lowest BCUT2D eigenvalue weighted by Gasteiger charge is -2.18. The Hall–Kier alpha value is -3.15. The van der Waals surface area contributed by atoms with E-state index in [1.54, 1.807) is 24.3 Å². The number of nitrogens with zero attached hydrogens (tertiary/aromatic N) is 3. The van der Waals surface area contributed by atoms with Crippen molar-refractivity contribution in [2.24, 2.45) is 4.99 Å². The van der Waals surface area contributed by atoms with E-state index in [4.69, 9.17) is 0 Å². The first-order valence-electron chi connectivity index (χ1n) is 9.52. The van der Waals surface area contributed by atoms with E-state index in [1.807, 2.05) is 37.2 Å². The summed E-state index contributed by atoms with van der Waals surface area (Å²) >= 11 is 0. The molecule has 0 aromatic heterocycles. The van der Waals surface area contributed by atoms with Crippen molar-refractivity contribution in [3.05, 3.63) is 71.3 Å². The molecule has 1 heterocycles. The highest BCUT2D eigenvalue weighted by Crippen LogP contribution is 2.22. The fourth-order valence-corrected chi connectivity index (χ4v) is 3.14. The third kappa shape index (κ3) is 4.57. The molecule has 1 aliphatic rings. The molecular weight excluding hydrogens is 352 g/mol. The summed E-state index contributed by atoms with van der Waals surface area (Å²) in [7, 11) is 3.91. The van der Waals surface area contributed by atoms with Crippen molar-refractivity contribution in [3.63, 3.8) is 0 Å². The standard InChI is InChI=1S/C22H26N4O2/c1-25(2)22(24-16-17-10-4-3-5-11-17)23-14-8-9-15-26-20(27)18-12-6-7-13-19(18)21(26)28/h3-7,10-13H,8-9,14-16H2,1-2H3,(H,23,24). The highest BCUT2D eigenvalue weighted by Gasteiger charge is 2.34. The van der Waals surface area contributed by atoms with Gasteiger partial charge in [0.2, 0.25) is 0 Å². The second-order valence-corrected chi connectivity index (χ2v) is 6.96. The Bertz CT molecular complexity index is 827. The highest BCUT2D eigenvalue weighted by atomic mass is 16.2. The number of hydrogen-bond acceptors (Lipinski definition) is 3. The zero-order valence-corrected chi connectivity index (χ0v) is 16.4. The molecule has 1 N–H and O–H groups in total. The van der Waals surface area contributed by atoms with Crippen LogP contribution in [-0.4, -0.2) is 54.8 Å². The van der Waals surface area contributed by atoms with Gasteiger partial charge in [-0.2, -0.15) is 0 Å². The molecule has 0 fully saturated rings.